The lowest BCUT2D eigenvalue weighted by Crippen LogP contribution is -2.46. The average Bonchev–Trinajstić information content (AvgIpc) is 3.09. The van der Waals surface area contributed by atoms with Crippen molar-refractivity contribution in [3.63, 3.8) is 0 Å². The maximum absolute atomic E-state index is 13.4. The van der Waals surface area contributed by atoms with E-state index >= 15 is 0 Å². The number of hydrogen-bond donors (Lipinski definition) is 0. The van der Waals surface area contributed by atoms with Crippen LogP contribution in [0.4, 0.5) is 5.69 Å². The van der Waals surface area contributed by atoms with Gasteiger partial charge in [-0.25, -0.2) is 8.42 Å². The smallest absolute Gasteiger partial charge is 0.258 e. The van der Waals surface area contributed by atoms with Gasteiger partial charge in [0.2, 0.25) is 10.0 Å². The average molecular weight is 423 g/mol. The van der Waals surface area contributed by atoms with E-state index in [1.165, 1.54) is 24.3 Å². The fraction of sp³-hybridized carbons (Fsp3) is 0.400. The summed E-state index contributed by atoms with van der Waals surface area (Å²) >= 11 is 6.38. The Labute approximate surface area is 170 Å². The third kappa shape index (κ3) is 3.54. The molecule has 0 bridgehead atoms. The summed E-state index contributed by atoms with van der Waals surface area (Å²) in [6.07, 6.45) is 2.04. The highest BCUT2D eigenvalue weighted by atomic mass is 35.5. The molecule has 2 aromatic carbocycles. The first-order chi connectivity index (χ1) is 13.2. The number of nitro groups is 1. The zero-order valence-corrected chi connectivity index (χ0v) is 17.4. The highest BCUT2D eigenvalue weighted by Gasteiger charge is 2.49. The standard InChI is InChI=1S/C20H23ClN2O4S/c1-3-20(4-2)13-15(18-7-5-6-8-19(18)21)14-22(20)28(26,27)17-11-9-16(10-12-17)23(24)25/h5-12,15H,3-4,13-14H2,1-2H3. The first-order valence-electron chi connectivity index (χ1n) is 9.27. The normalized spacial score (nSPS) is 19.6. The van der Waals surface area contributed by atoms with Gasteiger partial charge in [0, 0.05) is 35.2 Å². The van der Waals surface area contributed by atoms with E-state index in [-0.39, 0.29) is 16.5 Å². The SMILES string of the molecule is CCC1(CC)CC(c2ccccc2Cl)CN1S(=O)(=O)c1ccc([N+](=O)[O-])cc1. The van der Waals surface area contributed by atoms with Crippen molar-refractivity contribution >= 4 is 27.3 Å². The Kier molecular flexibility index (Phi) is 5.79. The van der Waals surface area contributed by atoms with Gasteiger partial charge in [0.15, 0.2) is 0 Å². The van der Waals surface area contributed by atoms with Gasteiger partial charge in [-0.05, 0) is 43.0 Å². The Balaban J connectivity index is 2.02. The van der Waals surface area contributed by atoms with Gasteiger partial charge >= 0.3 is 0 Å². The van der Waals surface area contributed by atoms with Crippen molar-refractivity contribution in [1.29, 1.82) is 0 Å². The van der Waals surface area contributed by atoms with Crippen LogP contribution in [0.3, 0.4) is 0 Å². The van der Waals surface area contributed by atoms with E-state index in [9.17, 15) is 18.5 Å². The summed E-state index contributed by atoms with van der Waals surface area (Å²) in [6, 6.07) is 12.6. The largest absolute Gasteiger partial charge is 0.269 e. The van der Waals surface area contributed by atoms with Gasteiger partial charge in [0.05, 0.1) is 9.82 Å². The minimum absolute atomic E-state index is 0.00132. The van der Waals surface area contributed by atoms with Crippen molar-refractivity contribution in [1.82, 2.24) is 4.31 Å². The van der Waals surface area contributed by atoms with Crippen molar-refractivity contribution in [2.24, 2.45) is 0 Å². The molecular weight excluding hydrogens is 400 g/mol. The first-order valence-corrected chi connectivity index (χ1v) is 11.1. The van der Waals surface area contributed by atoms with Crippen molar-refractivity contribution in [2.75, 3.05) is 6.54 Å². The third-order valence-electron chi connectivity index (χ3n) is 5.84. The van der Waals surface area contributed by atoms with Crippen molar-refractivity contribution < 1.29 is 13.3 Å². The van der Waals surface area contributed by atoms with Crippen LogP contribution in [0.5, 0.6) is 0 Å². The summed E-state index contributed by atoms with van der Waals surface area (Å²) in [7, 11) is -3.80. The summed E-state index contributed by atoms with van der Waals surface area (Å²) in [5.41, 5.74) is 0.313. The summed E-state index contributed by atoms with van der Waals surface area (Å²) < 4.78 is 28.4. The predicted molar refractivity (Wildman–Crippen MR) is 109 cm³/mol. The van der Waals surface area contributed by atoms with Crippen LogP contribution < -0.4 is 0 Å². The summed E-state index contributed by atoms with van der Waals surface area (Å²) in [5, 5.41) is 11.5. The fourth-order valence-electron chi connectivity index (χ4n) is 4.14. The minimum Gasteiger partial charge on any atom is -0.258 e. The molecule has 1 aliphatic rings. The molecule has 1 aliphatic heterocycles. The van der Waals surface area contributed by atoms with Crippen molar-refractivity contribution in [2.45, 2.75) is 49.5 Å². The van der Waals surface area contributed by atoms with Crippen LogP contribution in [0.1, 0.15) is 44.6 Å². The van der Waals surface area contributed by atoms with Gasteiger partial charge < -0.3 is 0 Å². The van der Waals surface area contributed by atoms with E-state index in [4.69, 9.17) is 11.6 Å². The Morgan fingerprint density at radius 3 is 2.29 bits per heavy atom. The van der Waals surface area contributed by atoms with Crippen LogP contribution in [-0.2, 0) is 10.0 Å². The van der Waals surface area contributed by atoms with Gasteiger partial charge in [-0.15, -0.1) is 0 Å². The lowest BCUT2D eigenvalue weighted by molar-refractivity contribution is -0.384. The molecule has 1 saturated heterocycles. The number of rotatable bonds is 6. The Morgan fingerprint density at radius 2 is 1.75 bits per heavy atom. The van der Waals surface area contributed by atoms with E-state index in [1.54, 1.807) is 4.31 Å². The first kappa shape index (κ1) is 20.8. The van der Waals surface area contributed by atoms with E-state index in [0.29, 0.717) is 30.8 Å². The summed E-state index contributed by atoms with van der Waals surface area (Å²) in [6.45, 7) is 4.33. The number of nitro benzene ring substituents is 1. The van der Waals surface area contributed by atoms with Gasteiger partial charge in [-0.1, -0.05) is 43.6 Å². The molecule has 0 aliphatic carbocycles. The second-order valence-electron chi connectivity index (χ2n) is 7.14. The Bertz CT molecular complexity index is 972. The van der Waals surface area contributed by atoms with Crippen LogP contribution in [0.25, 0.3) is 0 Å². The second kappa shape index (κ2) is 7.81. The molecule has 3 rings (SSSR count). The quantitative estimate of drug-likeness (QED) is 0.485. The van der Waals surface area contributed by atoms with Crippen LogP contribution in [-0.4, -0.2) is 29.7 Å². The molecule has 0 N–H and O–H groups in total. The number of non-ortho nitro benzene ring substituents is 1. The lowest BCUT2D eigenvalue weighted by atomic mass is 9.85. The van der Waals surface area contributed by atoms with Gasteiger partial charge in [0.1, 0.15) is 0 Å². The number of nitrogens with zero attached hydrogens (tertiary/aromatic N) is 2. The molecule has 6 nitrogen and oxygen atoms in total. The van der Waals surface area contributed by atoms with E-state index < -0.39 is 20.5 Å². The molecule has 1 heterocycles. The Morgan fingerprint density at radius 1 is 1.14 bits per heavy atom. The van der Waals surface area contributed by atoms with Crippen molar-refractivity contribution in [3.8, 4) is 0 Å². The van der Waals surface area contributed by atoms with E-state index in [1.807, 2.05) is 38.1 Å². The summed E-state index contributed by atoms with van der Waals surface area (Å²) in [5.74, 6) is 0.00132. The molecule has 150 valence electrons. The molecule has 1 atom stereocenters. The predicted octanol–water partition coefficient (Wildman–Crippen LogP) is 4.99. The molecule has 1 fully saturated rings. The van der Waals surface area contributed by atoms with Crippen LogP contribution >= 0.6 is 11.6 Å². The van der Waals surface area contributed by atoms with Gasteiger partial charge in [-0.3, -0.25) is 10.1 Å². The number of benzene rings is 2. The lowest BCUT2D eigenvalue weighted by Gasteiger charge is -2.36. The zero-order chi connectivity index (χ0) is 20.5. The molecule has 0 amide bonds. The third-order valence-corrected chi connectivity index (χ3v) is 8.17. The number of sulfonamides is 1. The maximum atomic E-state index is 13.4. The zero-order valence-electron chi connectivity index (χ0n) is 15.8. The molecule has 0 spiro atoms. The Hall–Kier alpha value is -1.96. The molecule has 1 unspecified atom stereocenters. The van der Waals surface area contributed by atoms with Crippen LogP contribution in [0, 0.1) is 10.1 Å². The van der Waals surface area contributed by atoms with E-state index in [0.717, 1.165) is 5.56 Å². The molecule has 0 radical (unpaired) electrons. The summed E-state index contributed by atoms with van der Waals surface area (Å²) in [4.78, 5) is 10.4. The fourth-order valence-corrected chi connectivity index (χ4v) is 6.39. The monoisotopic (exact) mass is 422 g/mol. The number of halogens is 1. The maximum Gasteiger partial charge on any atom is 0.269 e. The van der Waals surface area contributed by atoms with Crippen LogP contribution in [0.2, 0.25) is 5.02 Å². The highest BCUT2D eigenvalue weighted by Crippen LogP contribution is 2.47. The van der Waals surface area contributed by atoms with Gasteiger partial charge in [0.25, 0.3) is 5.69 Å². The minimum atomic E-state index is -3.80. The molecule has 28 heavy (non-hydrogen) atoms. The number of hydrogen-bond acceptors (Lipinski definition) is 4. The molecule has 2 aromatic rings. The highest BCUT2D eigenvalue weighted by molar-refractivity contribution is 7.89. The molecule has 0 aromatic heterocycles. The van der Waals surface area contributed by atoms with Gasteiger partial charge in [-0.2, -0.15) is 4.31 Å². The molecule has 8 heteroatoms. The van der Waals surface area contributed by atoms with E-state index in [2.05, 4.69) is 0 Å². The molecule has 0 saturated carbocycles. The van der Waals surface area contributed by atoms with Crippen molar-refractivity contribution in [3.05, 3.63) is 69.2 Å². The van der Waals surface area contributed by atoms with Crippen LogP contribution in [0.15, 0.2) is 53.4 Å². The molecular formula is C20H23ClN2O4S. The second-order valence-corrected chi connectivity index (χ2v) is 9.41. The topological polar surface area (TPSA) is 80.5 Å².